The van der Waals surface area contributed by atoms with Crippen LogP contribution >= 0.6 is 23.2 Å². The van der Waals surface area contributed by atoms with Crippen molar-refractivity contribution in [1.29, 1.82) is 0 Å². The summed E-state index contributed by atoms with van der Waals surface area (Å²) in [6.07, 6.45) is 0.756. The summed E-state index contributed by atoms with van der Waals surface area (Å²) in [7, 11) is 0. The number of benzene rings is 1. The minimum atomic E-state index is -0.415. The molecule has 0 aliphatic heterocycles. The molecule has 100 valence electrons. The molecule has 0 heterocycles. The van der Waals surface area contributed by atoms with Crippen molar-refractivity contribution in [3.05, 3.63) is 33.8 Å². The van der Waals surface area contributed by atoms with Gasteiger partial charge < -0.3 is 10.4 Å². The topological polar surface area (TPSA) is 49.3 Å². The Morgan fingerprint density at radius 2 is 2.00 bits per heavy atom. The van der Waals surface area contributed by atoms with Crippen LogP contribution in [0.3, 0.4) is 0 Å². The molecule has 18 heavy (non-hydrogen) atoms. The highest BCUT2D eigenvalue weighted by Gasteiger charge is 2.19. The molecule has 0 saturated heterocycles. The Kier molecular flexibility index (Phi) is 5.45. The predicted molar refractivity (Wildman–Crippen MR) is 74.1 cm³/mol. The molecule has 0 atom stereocenters. The van der Waals surface area contributed by atoms with Gasteiger partial charge in [-0.2, -0.15) is 0 Å². The fourth-order valence-electron chi connectivity index (χ4n) is 1.60. The third kappa shape index (κ3) is 4.84. The van der Waals surface area contributed by atoms with E-state index >= 15 is 0 Å². The van der Waals surface area contributed by atoms with E-state index in [4.69, 9.17) is 28.3 Å². The van der Waals surface area contributed by atoms with Gasteiger partial charge in [0.1, 0.15) is 0 Å². The molecule has 0 fully saturated rings. The fraction of sp³-hybridized carbons (Fsp3) is 0.462. The molecule has 2 N–H and O–H groups in total. The number of carbonyl (C=O) groups excluding carboxylic acids is 1. The maximum Gasteiger partial charge on any atom is 0.224 e. The normalized spacial score (nSPS) is 11.4. The number of hydrogen-bond acceptors (Lipinski definition) is 2. The van der Waals surface area contributed by atoms with Crippen LogP contribution in [0.15, 0.2) is 18.2 Å². The van der Waals surface area contributed by atoms with Gasteiger partial charge in [-0.15, -0.1) is 0 Å². The Morgan fingerprint density at radius 1 is 1.33 bits per heavy atom. The molecule has 0 unspecified atom stereocenters. The molecule has 0 bridgehead atoms. The summed E-state index contributed by atoms with van der Waals surface area (Å²) in [6, 6.07) is 5.13. The van der Waals surface area contributed by atoms with E-state index in [1.54, 1.807) is 18.2 Å². The molecular formula is C13H17Cl2NO2. The monoisotopic (exact) mass is 289 g/mol. The van der Waals surface area contributed by atoms with Crippen LogP contribution in [0.4, 0.5) is 0 Å². The summed E-state index contributed by atoms with van der Waals surface area (Å²) >= 11 is 11.7. The molecule has 1 rings (SSSR count). The van der Waals surface area contributed by atoms with E-state index in [9.17, 15) is 4.79 Å². The summed E-state index contributed by atoms with van der Waals surface area (Å²) in [5, 5.41) is 12.7. The second-order valence-corrected chi connectivity index (χ2v) is 5.65. The van der Waals surface area contributed by atoms with Crippen molar-refractivity contribution < 1.29 is 9.90 Å². The highest BCUT2D eigenvalue weighted by molar-refractivity contribution is 6.42. The smallest absolute Gasteiger partial charge is 0.224 e. The maximum absolute atomic E-state index is 11.8. The molecule has 0 aliphatic carbocycles. The lowest BCUT2D eigenvalue weighted by atomic mass is 10.0. The third-order valence-electron chi connectivity index (χ3n) is 2.56. The standard InChI is InChI=1S/C13H17Cl2NO2/c1-13(2,5-6-17)16-12(18)8-9-3-4-10(14)11(15)7-9/h3-4,7,17H,5-6,8H2,1-2H3,(H,16,18). The number of aliphatic hydroxyl groups excluding tert-OH is 1. The molecule has 1 aromatic rings. The zero-order valence-corrected chi connectivity index (χ0v) is 12.0. The van der Waals surface area contributed by atoms with E-state index in [1.807, 2.05) is 13.8 Å². The lowest BCUT2D eigenvalue weighted by Gasteiger charge is -2.25. The molecule has 0 aliphatic rings. The lowest BCUT2D eigenvalue weighted by molar-refractivity contribution is -0.122. The first-order valence-corrected chi connectivity index (χ1v) is 6.45. The van der Waals surface area contributed by atoms with Gasteiger partial charge in [-0.3, -0.25) is 4.79 Å². The van der Waals surface area contributed by atoms with Crippen molar-refractivity contribution in [3.8, 4) is 0 Å². The van der Waals surface area contributed by atoms with Crippen LogP contribution in [-0.4, -0.2) is 23.2 Å². The van der Waals surface area contributed by atoms with Crippen molar-refractivity contribution >= 4 is 29.1 Å². The van der Waals surface area contributed by atoms with E-state index in [2.05, 4.69) is 5.32 Å². The number of hydrogen-bond donors (Lipinski definition) is 2. The van der Waals surface area contributed by atoms with Crippen molar-refractivity contribution in [1.82, 2.24) is 5.32 Å². The second-order valence-electron chi connectivity index (χ2n) is 4.83. The molecule has 1 aromatic carbocycles. The number of nitrogens with one attached hydrogen (secondary N) is 1. The number of rotatable bonds is 5. The Hall–Kier alpha value is -0.770. The minimum absolute atomic E-state index is 0.0417. The molecule has 0 aromatic heterocycles. The summed E-state index contributed by atoms with van der Waals surface area (Å²) in [5.41, 5.74) is 0.392. The van der Waals surface area contributed by atoms with Gasteiger partial charge in [-0.1, -0.05) is 29.3 Å². The SMILES string of the molecule is CC(C)(CCO)NC(=O)Cc1ccc(Cl)c(Cl)c1. The quantitative estimate of drug-likeness (QED) is 0.876. The van der Waals surface area contributed by atoms with Gasteiger partial charge >= 0.3 is 0 Å². The Labute approximate surface area is 117 Å². The highest BCUT2D eigenvalue weighted by atomic mass is 35.5. The largest absolute Gasteiger partial charge is 0.396 e. The molecule has 0 radical (unpaired) electrons. The van der Waals surface area contributed by atoms with E-state index in [0.29, 0.717) is 16.5 Å². The average Bonchev–Trinajstić information content (AvgIpc) is 2.22. The van der Waals surface area contributed by atoms with Crippen molar-refractivity contribution in [2.24, 2.45) is 0 Å². The first-order chi connectivity index (χ1) is 8.34. The molecular weight excluding hydrogens is 273 g/mol. The number of carbonyl (C=O) groups is 1. The zero-order chi connectivity index (χ0) is 13.8. The molecule has 5 heteroatoms. The van der Waals surface area contributed by atoms with Gasteiger partial charge in [0.25, 0.3) is 0 Å². The van der Waals surface area contributed by atoms with E-state index in [1.165, 1.54) is 0 Å². The van der Waals surface area contributed by atoms with Gasteiger partial charge in [-0.05, 0) is 38.0 Å². The summed E-state index contributed by atoms with van der Waals surface area (Å²) in [5.74, 6) is -0.105. The van der Waals surface area contributed by atoms with Crippen LogP contribution in [0.25, 0.3) is 0 Å². The van der Waals surface area contributed by atoms with Crippen molar-refractivity contribution in [2.75, 3.05) is 6.61 Å². The van der Waals surface area contributed by atoms with Crippen molar-refractivity contribution in [3.63, 3.8) is 0 Å². The highest BCUT2D eigenvalue weighted by Crippen LogP contribution is 2.22. The summed E-state index contributed by atoms with van der Waals surface area (Å²) < 4.78 is 0. The first kappa shape index (κ1) is 15.3. The van der Waals surface area contributed by atoms with Crippen LogP contribution < -0.4 is 5.32 Å². The van der Waals surface area contributed by atoms with Gasteiger partial charge in [0.05, 0.1) is 16.5 Å². The fourth-order valence-corrected chi connectivity index (χ4v) is 1.92. The Balaban J connectivity index is 2.62. The number of aliphatic hydroxyl groups is 1. The number of amides is 1. The Bertz CT molecular complexity index is 433. The maximum atomic E-state index is 11.8. The van der Waals surface area contributed by atoms with Gasteiger partial charge in [-0.25, -0.2) is 0 Å². The Morgan fingerprint density at radius 3 is 2.56 bits per heavy atom. The third-order valence-corrected chi connectivity index (χ3v) is 3.30. The molecule has 1 amide bonds. The van der Waals surface area contributed by atoms with Gasteiger partial charge in [0.15, 0.2) is 0 Å². The van der Waals surface area contributed by atoms with Crippen LogP contribution in [-0.2, 0) is 11.2 Å². The van der Waals surface area contributed by atoms with E-state index < -0.39 is 5.54 Å². The summed E-state index contributed by atoms with van der Waals surface area (Å²) in [4.78, 5) is 11.8. The van der Waals surface area contributed by atoms with E-state index in [-0.39, 0.29) is 18.9 Å². The van der Waals surface area contributed by atoms with Crippen LogP contribution in [0.5, 0.6) is 0 Å². The average molecular weight is 290 g/mol. The predicted octanol–water partition coefficient (Wildman–Crippen LogP) is 2.81. The van der Waals surface area contributed by atoms with Gasteiger partial charge in [0, 0.05) is 12.1 Å². The van der Waals surface area contributed by atoms with Crippen LogP contribution in [0, 0.1) is 0 Å². The minimum Gasteiger partial charge on any atom is -0.396 e. The van der Waals surface area contributed by atoms with Gasteiger partial charge in [0.2, 0.25) is 5.91 Å². The molecule has 3 nitrogen and oxygen atoms in total. The second kappa shape index (κ2) is 6.41. The lowest BCUT2D eigenvalue weighted by Crippen LogP contribution is -2.44. The molecule has 0 saturated carbocycles. The number of halogens is 2. The molecule has 0 spiro atoms. The van der Waals surface area contributed by atoms with Crippen molar-refractivity contribution in [2.45, 2.75) is 32.2 Å². The zero-order valence-electron chi connectivity index (χ0n) is 10.5. The van der Waals surface area contributed by atoms with Crippen LogP contribution in [0.2, 0.25) is 10.0 Å². The first-order valence-electron chi connectivity index (χ1n) is 5.70. The summed E-state index contributed by atoms with van der Waals surface area (Å²) in [6.45, 7) is 3.78. The van der Waals surface area contributed by atoms with Crippen LogP contribution in [0.1, 0.15) is 25.8 Å². The van der Waals surface area contributed by atoms with E-state index in [0.717, 1.165) is 5.56 Å².